The standard InChI is InChI=1S/C13H20N2O2S2/c1-10(9-18-2)15-13(16)14-8-11-4-6-12(7-5-11)19(3)17/h4-7,10H,8-9H2,1-3H3,(H2,14,15,16). The summed E-state index contributed by atoms with van der Waals surface area (Å²) in [6.07, 6.45) is 3.66. The van der Waals surface area contributed by atoms with Gasteiger partial charge in [-0.1, -0.05) is 12.1 Å². The van der Waals surface area contributed by atoms with Crippen molar-refractivity contribution in [3.05, 3.63) is 29.8 Å². The van der Waals surface area contributed by atoms with Crippen LogP contribution in [0.5, 0.6) is 0 Å². The number of urea groups is 1. The molecule has 2 unspecified atom stereocenters. The molecular formula is C13H20N2O2S2. The Bertz CT molecular complexity index is 435. The van der Waals surface area contributed by atoms with Crippen LogP contribution in [-0.2, 0) is 17.3 Å². The van der Waals surface area contributed by atoms with Gasteiger partial charge < -0.3 is 10.6 Å². The third-order valence-corrected chi connectivity index (χ3v) is 4.27. The third-order valence-electron chi connectivity index (χ3n) is 2.50. The summed E-state index contributed by atoms with van der Waals surface area (Å²) in [5.41, 5.74) is 0.988. The Labute approximate surface area is 121 Å². The Kier molecular flexibility index (Phi) is 6.94. The van der Waals surface area contributed by atoms with Gasteiger partial charge in [0.05, 0.1) is 0 Å². The highest BCUT2D eigenvalue weighted by atomic mass is 32.2. The molecule has 6 heteroatoms. The Morgan fingerprint density at radius 1 is 1.37 bits per heavy atom. The number of hydrogen-bond acceptors (Lipinski definition) is 3. The molecule has 19 heavy (non-hydrogen) atoms. The second kappa shape index (κ2) is 8.22. The fourth-order valence-corrected chi connectivity index (χ4v) is 2.65. The summed E-state index contributed by atoms with van der Waals surface area (Å²) in [6, 6.07) is 7.39. The van der Waals surface area contributed by atoms with Crippen molar-refractivity contribution >= 4 is 28.6 Å². The molecule has 0 bridgehead atoms. The number of benzene rings is 1. The van der Waals surface area contributed by atoms with Gasteiger partial charge in [0.25, 0.3) is 0 Å². The van der Waals surface area contributed by atoms with Gasteiger partial charge in [-0.25, -0.2) is 4.79 Å². The molecule has 0 radical (unpaired) electrons. The van der Waals surface area contributed by atoms with Crippen LogP contribution in [0.25, 0.3) is 0 Å². The zero-order valence-electron chi connectivity index (χ0n) is 11.4. The molecule has 0 spiro atoms. The van der Waals surface area contributed by atoms with Crippen molar-refractivity contribution in [2.75, 3.05) is 18.3 Å². The molecule has 0 aliphatic carbocycles. The maximum Gasteiger partial charge on any atom is 0.315 e. The molecule has 0 saturated carbocycles. The molecule has 0 aromatic heterocycles. The molecule has 0 saturated heterocycles. The van der Waals surface area contributed by atoms with Crippen molar-refractivity contribution in [1.29, 1.82) is 0 Å². The molecule has 0 heterocycles. The molecule has 0 fully saturated rings. The Morgan fingerprint density at radius 2 is 2.00 bits per heavy atom. The van der Waals surface area contributed by atoms with E-state index in [9.17, 15) is 9.00 Å². The van der Waals surface area contributed by atoms with Crippen molar-refractivity contribution in [3.63, 3.8) is 0 Å². The van der Waals surface area contributed by atoms with E-state index in [0.29, 0.717) is 6.54 Å². The first-order valence-electron chi connectivity index (χ1n) is 5.98. The average molecular weight is 300 g/mol. The summed E-state index contributed by atoms with van der Waals surface area (Å²) in [5.74, 6) is 0.893. The van der Waals surface area contributed by atoms with Crippen molar-refractivity contribution in [2.24, 2.45) is 0 Å². The van der Waals surface area contributed by atoms with Crippen LogP contribution in [0.3, 0.4) is 0 Å². The van der Waals surface area contributed by atoms with Crippen LogP contribution in [-0.4, -0.2) is 34.5 Å². The molecular weight excluding hydrogens is 280 g/mol. The predicted molar refractivity (Wildman–Crippen MR) is 82.0 cm³/mol. The van der Waals surface area contributed by atoms with Crippen molar-refractivity contribution in [1.82, 2.24) is 10.6 Å². The molecule has 2 atom stereocenters. The first-order valence-corrected chi connectivity index (χ1v) is 8.93. The van der Waals surface area contributed by atoms with E-state index in [1.54, 1.807) is 18.0 Å². The number of amides is 2. The summed E-state index contributed by atoms with van der Waals surface area (Å²) in [6.45, 7) is 2.44. The second-order valence-corrected chi connectivity index (χ2v) is 6.57. The van der Waals surface area contributed by atoms with Crippen LogP contribution < -0.4 is 10.6 Å². The van der Waals surface area contributed by atoms with Crippen LogP contribution in [0.4, 0.5) is 4.79 Å². The van der Waals surface area contributed by atoms with Gasteiger partial charge in [-0.2, -0.15) is 11.8 Å². The van der Waals surface area contributed by atoms with Crippen molar-refractivity contribution in [3.8, 4) is 0 Å². The molecule has 2 amide bonds. The van der Waals surface area contributed by atoms with Gasteiger partial charge >= 0.3 is 6.03 Å². The van der Waals surface area contributed by atoms with Crippen molar-refractivity contribution < 1.29 is 9.00 Å². The monoisotopic (exact) mass is 300 g/mol. The topological polar surface area (TPSA) is 58.2 Å². The second-order valence-electron chi connectivity index (χ2n) is 4.28. The van der Waals surface area contributed by atoms with E-state index in [-0.39, 0.29) is 12.1 Å². The maximum absolute atomic E-state index is 11.6. The number of nitrogens with one attached hydrogen (secondary N) is 2. The van der Waals surface area contributed by atoms with E-state index in [4.69, 9.17) is 0 Å². The first kappa shape index (κ1) is 16.0. The summed E-state index contributed by atoms with van der Waals surface area (Å²) < 4.78 is 11.2. The van der Waals surface area contributed by atoms with Crippen LogP contribution in [0.2, 0.25) is 0 Å². The largest absolute Gasteiger partial charge is 0.335 e. The van der Waals surface area contributed by atoms with Crippen molar-refractivity contribution in [2.45, 2.75) is 24.4 Å². The SMILES string of the molecule is CSCC(C)NC(=O)NCc1ccc(S(C)=O)cc1. The van der Waals surface area contributed by atoms with Gasteiger partial charge in [0, 0.05) is 40.3 Å². The van der Waals surface area contributed by atoms with Crippen LogP contribution in [0.15, 0.2) is 29.2 Å². The highest BCUT2D eigenvalue weighted by Gasteiger charge is 2.06. The normalized spacial score (nSPS) is 13.6. The van der Waals surface area contributed by atoms with Gasteiger partial charge in [-0.15, -0.1) is 0 Å². The Morgan fingerprint density at radius 3 is 2.53 bits per heavy atom. The summed E-state index contributed by atoms with van der Waals surface area (Å²) in [7, 11) is -0.962. The van der Waals surface area contributed by atoms with Gasteiger partial charge in [-0.05, 0) is 30.9 Å². The number of carbonyl (C=O) groups is 1. The summed E-state index contributed by atoms with van der Waals surface area (Å²) in [4.78, 5) is 12.4. The quantitative estimate of drug-likeness (QED) is 0.844. The van der Waals surface area contributed by atoms with Crippen LogP contribution in [0, 0.1) is 0 Å². The molecule has 4 nitrogen and oxygen atoms in total. The minimum Gasteiger partial charge on any atom is -0.335 e. The van der Waals surface area contributed by atoms with E-state index >= 15 is 0 Å². The molecule has 0 aliphatic heterocycles. The zero-order valence-corrected chi connectivity index (χ0v) is 13.1. The molecule has 1 rings (SSSR count). The fraction of sp³-hybridized carbons (Fsp3) is 0.462. The lowest BCUT2D eigenvalue weighted by molar-refractivity contribution is 0.238. The number of rotatable bonds is 6. The lowest BCUT2D eigenvalue weighted by atomic mass is 10.2. The van der Waals surface area contributed by atoms with Crippen LogP contribution >= 0.6 is 11.8 Å². The highest BCUT2D eigenvalue weighted by Crippen LogP contribution is 2.07. The lowest BCUT2D eigenvalue weighted by Crippen LogP contribution is -2.41. The van der Waals surface area contributed by atoms with E-state index < -0.39 is 10.8 Å². The number of thioether (sulfide) groups is 1. The maximum atomic E-state index is 11.6. The van der Waals surface area contributed by atoms with Gasteiger partial charge in [0.15, 0.2) is 0 Å². The van der Waals surface area contributed by atoms with Gasteiger partial charge in [0.1, 0.15) is 0 Å². The first-order chi connectivity index (χ1) is 9.02. The zero-order chi connectivity index (χ0) is 14.3. The molecule has 1 aromatic carbocycles. The minimum atomic E-state index is -0.962. The Hall–Kier alpha value is -1.01. The van der Waals surface area contributed by atoms with E-state index in [2.05, 4.69) is 10.6 Å². The minimum absolute atomic E-state index is 0.153. The molecule has 2 N–H and O–H groups in total. The third kappa shape index (κ3) is 6.11. The number of carbonyl (C=O) groups excluding carboxylic acids is 1. The van der Waals surface area contributed by atoms with E-state index in [1.165, 1.54) is 0 Å². The summed E-state index contributed by atoms with van der Waals surface area (Å²) in [5, 5.41) is 5.66. The van der Waals surface area contributed by atoms with E-state index in [0.717, 1.165) is 16.2 Å². The lowest BCUT2D eigenvalue weighted by Gasteiger charge is -2.13. The van der Waals surface area contributed by atoms with Gasteiger partial charge in [0.2, 0.25) is 0 Å². The van der Waals surface area contributed by atoms with Gasteiger partial charge in [-0.3, -0.25) is 4.21 Å². The van der Waals surface area contributed by atoms with Crippen LogP contribution in [0.1, 0.15) is 12.5 Å². The highest BCUT2D eigenvalue weighted by molar-refractivity contribution is 7.98. The number of hydrogen-bond donors (Lipinski definition) is 2. The molecule has 1 aromatic rings. The predicted octanol–water partition coefficient (Wildman–Crippen LogP) is 1.97. The van der Waals surface area contributed by atoms with E-state index in [1.807, 2.05) is 37.4 Å². The molecule has 106 valence electrons. The average Bonchev–Trinajstić information content (AvgIpc) is 2.37. The Balaban J connectivity index is 2.39. The smallest absolute Gasteiger partial charge is 0.315 e. The molecule has 0 aliphatic rings. The fourth-order valence-electron chi connectivity index (χ4n) is 1.55. The summed E-state index contributed by atoms with van der Waals surface area (Å²) >= 11 is 1.70.